The number of benzene rings is 1. The molecule has 0 amide bonds. The van der Waals surface area contributed by atoms with Crippen molar-refractivity contribution in [3.63, 3.8) is 0 Å². The number of aromatic carboxylic acids is 1. The van der Waals surface area contributed by atoms with E-state index in [0.29, 0.717) is 12.3 Å². The zero-order chi connectivity index (χ0) is 16.2. The monoisotopic (exact) mass is 315 g/mol. The van der Waals surface area contributed by atoms with Crippen molar-refractivity contribution in [1.29, 1.82) is 0 Å². The van der Waals surface area contributed by atoms with Crippen molar-refractivity contribution < 1.29 is 23.4 Å². The molecule has 0 saturated heterocycles. The summed E-state index contributed by atoms with van der Waals surface area (Å²) in [6.45, 7) is 5.83. The van der Waals surface area contributed by atoms with E-state index >= 15 is 0 Å². The predicted molar refractivity (Wildman–Crippen MR) is 78.9 cm³/mol. The number of nitrogens with one attached hydrogen (secondary N) is 1. The van der Waals surface area contributed by atoms with Gasteiger partial charge in [-0.15, -0.1) is 0 Å². The molecule has 0 bridgehead atoms. The van der Waals surface area contributed by atoms with Gasteiger partial charge >= 0.3 is 5.97 Å². The van der Waals surface area contributed by atoms with Crippen LogP contribution in [0.15, 0.2) is 23.1 Å². The number of sulfonamides is 1. The maximum atomic E-state index is 12.2. The number of hydrogen-bond donors (Lipinski definition) is 3. The second-order valence-electron chi connectivity index (χ2n) is 5.26. The number of carbonyl (C=O) groups is 1. The summed E-state index contributed by atoms with van der Waals surface area (Å²) in [5, 5.41) is 18.3. The van der Waals surface area contributed by atoms with Crippen molar-refractivity contribution in [2.24, 2.45) is 5.92 Å². The number of aromatic hydroxyl groups is 1. The second-order valence-corrected chi connectivity index (χ2v) is 6.97. The first-order valence-corrected chi connectivity index (χ1v) is 8.24. The van der Waals surface area contributed by atoms with Crippen LogP contribution in [0.4, 0.5) is 0 Å². The smallest absolute Gasteiger partial charge is 0.339 e. The quantitative estimate of drug-likeness (QED) is 0.715. The third-order valence-corrected chi connectivity index (χ3v) is 4.91. The minimum atomic E-state index is -3.81. The van der Waals surface area contributed by atoms with E-state index in [1.54, 1.807) is 6.92 Å². The highest BCUT2D eigenvalue weighted by Crippen LogP contribution is 2.22. The maximum Gasteiger partial charge on any atom is 0.339 e. The van der Waals surface area contributed by atoms with Crippen molar-refractivity contribution in [3.05, 3.63) is 23.8 Å². The van der Waals surface area contributed by atoms with E-state index in [0.717, 1.165) is 18.6 Å². The Balaban J connectivity index is 2.98. The van der Waals surface area contributed by atoms with Gasteiger partial charge in [-0.25, -0.2) is 17.9 Å². The Morgan fingerprint density at radius 3 is 2.48 bits per heavy atom. The van der Waals surface area contributed by atoms with Crippen LogP contribution in [0.3, 0.4) is 0 Å². The molecule has 1 aromatic carbocycles. The van der Waals surface area contributed by atoms with E-state index in [2.05, 4.69) is 4.72 Å². The molecule has 2 atom stereocenters. The highest BCUT2D eigenvalue weighted by Gasteiger charge is 2.21. The molecular weight excluding hydrogens is 294 g/mol. The van der Waals surface area contributed by atoms with E-state index in [4.69, 9.17) is 5.11 Å². The molecule has 2 unspecified atom stereocenters. The SMILES string of the molecule is CCC(C)CC(C)NS(=O)(=O)c1ccc(O)c(C(=O)O)c1. The zero-order valence-electron chi connectivity index (χ0n) is 12.3. The van der Waals surface area contributed by atoms with Gasteiger partial charge in [0.15, 0.2) is 0 Å². The predicted octanol–water partition coefficient (Wildman–Crippen LogP) is 2.19. The molecule has 1 rings (SSSR count). The molecule has 0 saturated carbocycles. The summed E-state index contributed by atoms with van der Waals surface area (Å²) in [7, 11) is -3.81. The highest BCUT2D eigenvalue weighted by atomic mass is 32.2. The number of carboxylic acids is 1. The van der Waals surface area contributed by atoms with E-state index in [1.807, 2.05) is 13.8 Å². The molecule has 0 aromatic heterocycles. The number of phenols is 1. The van der Waals surface area contributed by atoms with E-state index in [-0.39, 0.29) is 10.9 Å². The van der Waals surface area contributed by atoms with Crippen molar-refractivity contribution >= 4 is 16.0 Å². The minimum Gasteiger partial charge on any atom is -0.507 e. The maximum absolute atomic E-state index is 12.2. The second kappa shape index (κ2) is 6.91. The molecule has 0 heterocycles. The molecule has 1 aromatic rings. The lowest BCUT2D eigenvalue weighted by molar-refractivity contribution is 0.0693. The summed E-state index contributed by atoms with van der Waals surface area (Å²) in [4.78, 5) is 10.8. The van der Waals surface area contributed by atoms with Crippen molar-refractivity contribution in [1.82, 2.24) is 4.72 Å². The molecule has 0 spiro atoms. The molecular formula is C14H21NO5S. The van der Waals surface area contributed by atoms with Gasteiger partial charge in [-0.05, 0) is 37.5 Å². The van der Waals surface area contributed by atoms with Crippen molar-refractivity contribution in [2.45, 2.75) is 44.6 Å². The van der Waals surface area contributed by atoms with Crippen molar-refractivity contribution in [3.8, 4) is 5.75 Å². The summed E-state index contributed by atoms with van der Waals surface area (Å²) in [5.41, 5.74) is -0.438. The van der Waals surface area contributed by atoms with Crippen LogP contribution >= 0.6 is 0 Å². The summed E-state index contributed by atoms with van der Waals surface area (Å²) < 4.78 is 26.9. The molecule has 6 nitrogen and oxygen atoms in total. The Morgan fingerprint density at radius 1 is 1.33 bits per heavy atom. The largest absolute Gasteiger partial charge is 0.507 e. The van der Waals surface area contributed by atoms with Crippen LogP contribution < -0.4 is 4.72 Å². The number of hydrogen-bond acceptors (Lipinski definition) is 4. The van der Waals surface area contributed by atoms with E-state index in [1.165, 1.54) is 6.07 Å². The first-order valence-electron chi connectivity index (χ1n) is 6.76. The van der Waals surface area contributed by atoms with Gasteiger partial charge < -0.3 is 10.2 Å². The Hall–Kier alpha value is -1.60. The Bertz CT molecular complexity index is 612. The lowest BCUT2D eigenvalue weighted by Crippen LogP contribution is -2.33. The fourth-order valence-corrected chi connectivity index (χ4v) is 3.29. The van der Waals surface area contributed by atoms with Gasteiger partial charge in [0, 0.05) is 6.04 Å². The van der Waals surface area contributed by atoms with Crippen molar-refractivity contribution in [2.75, 3.05) is 0 Å². The first-order chi connectivity index (χ1) is 9.67. The molecule has 21 heavy (non-hydrogen) atoms. The third-order valence-electron chi connectivity index (χ3n) is 3.32. The average Bonchev–Trinajstić information content (AvgIpc) is 2.37. The summed E-state index contributed by atoms with van der Waals surface area (Å²) in [6, 6.07) is 2.94. The van der Waals surface area contributed by atoms with Gasteiger partial charge in [-0.2, -0.15) is 0 Å². The van der Waals surface area contributed by atoms with Gasteiger partial charge in [-0.1, -0.05) is 20.3 Å². The summed E-state index contributed by atoms with van der Waals surface area (Å²) >= 11 is 0. The number of carboxylic acid groups (broad SMARTS) is 1. The summed E-state index contributed by atoms with van der Waals surface area (Å²) in [6.07, 6.45) is 1.65. The summed E-state index contributed by atoms with van der Waals surface area (Å²) in [5.74, 6) is -1.46. The van der Waals surface area contributed by atoms with Crippen LogP contribution in [0, 0.1) is 5.92 Å². The van der Waals surface area contributed by atoms with Crippen LogP contribution in [0.2, 0.25) is 0 Å². The van der Waals surface area contributed by atoms with E-state index < -0.39 is 27.3 Å². The topological polar surface area (TPSA) is 104 Å². The van der Waals surface area contributed by atoms with Gasteiger partial charge in [0.1, 0.15) is 11.3 Å². The molecule has 0 aliphatic carbocycles. The minimum absolute atomic E-state index is 0.172. The van der Waals surface area contributed by atoms with Crippen LogP contribution in [0.1, 0.15) is 44.0 Å². The Kier molecular flexibility index (Phi) is 5.74. The Labute approximate surface area is 124 Å². The van der Waals surface area contributed by atoms with Gasteiger partial charge in [-0.3, -0.25) is 0 Å². The molecule has 0 aliphatic rings. The van der Waals surface area contributed by atoms with E-state index in [9.17, 15) is 18.3 Å². The van der Waals surface area contributed by atoms with Crippen LogP contribution in [0.25, 0.3) is 0 Å². The highest BCUT2D eigenvalue weighted by molar-refractivity contribution is 7.89. The van der Waals surface area contributed by atoms with Gasteiger partial charge in [0.2, 0.25) is 10.0 Å². The Morgan fingerprint density at radius 2 is 1.95 bits per heavy atom. The normalized spacial score (nSPS) is 14.6. The lowest BCUT2D eigenvalue weighted by Gasteiger charge is -2.17. The van der Waals surface area contributed by atoms with Gasteiger partial charge in [0.25, 0.3) is 0 Å². The molecule has 0 aliphatic heterocycles. The standard InChI is InChI=1S/C14H21NO5S/c1-4-9(2)7-10(3)15-21(19,20)11-5-6-13(16)12(8-11)14(17)18/h5-6,8-10,15-16H,4,7H2,1-3H3,(H,17,18). The third kappa shape index (κ3) is 4.71. The zero-order valence-corrected chi connectivity index (χ0v) is 13.1. The molecule has 118 valence electrons. The number of rotatable bonds is 7. The first kappa shape index (κ1) is 17.5. The van der Waals surface area contributed by atoms with Crippen LogP contribution in [0.5, 0.6) is 5.75 Å². The van der Waals surface area contributed by atoms with Crippen LogP contribution in [-0.2, 0) is 10.0 Å². The van der Waals surface area contributed by atoms with Gasteiger partial charge in [0.05, 0.1) is 4.90 Å². The fourth-order valence-electron chi connectivity index (χ4n) is 2.00. The molecule has 0 radical (unpaired) electrons. The lowest BCUT2D eigenvalue weighted by atomic mass is 10.0. The molecule has 7 heteroatoms. The fraction of sp³-hybridized carbons (Fsp3) is 0.500. The van der Waals surface area contributed by atoms with Crippen LogP contribution in [-0.4, -0.2) is 30.6 Å². The molecule has 3 N–H and O–H groups in total. The molecule has 0 fully saturated rings. The average molecular weight is 315 g/mol.